The third-order valence-corrected chi connectivity index (χ3v) is 3.49. The lowest BCUT2D eigenvalue weighted by atomic mass is 9.87. The maximum absolute atomic E-state index is 12.4. The lowest BCUT2D eigenvalue weighted by Gasteiger charge is -2.26. The van der Waals surface area contributed by atoms with Crippen LogP contribution in [0.2, 0.25) is 0 Å². The maximum Gasteiger partial charge on any atom is 0.305 e. The number of carbonyl (C=O) groups is 2. The first-order valence-corrected chi connectivity index (χ1v) is 7.80. The minimum atomic E-state index is -0.906. The van der Waals surface area contributed by atoms with Gasteiger partial charge in [0.2, 0.25) is 0 Å². The van der Waals surface area contributed by atoms with E-state index in [1.807, 2.05) is 38.5 Å². The molecule has 0 bridgehead atoms. The smallest absolute Gasteiger partial charge is 0.305 e. The number of halogens is 1. The molecule has 1 atom stereocenters. The summed E-state index contributed by atoms with van der Waals surface area (Å²) in [6.45, 7) is 8.71. The average molecular weight is 359 g/mol. The van der Waals surface area contributed by atoms with Crippen LogP contribution in [0.3, 0.4) is 0 Å². The molecule has 6 heteroatoms. The second-order valence-corrected chi connectivity index (χ2v) is 7.28. The quantitative estimate of drug-likeness (QED) is 0.819. The number of amides is 1. The summed E-state index contributed by atoms with van der Waals surface area (Å²) < 4.78 is 2.66. The van der Waals surface area contributed by atoms with Crippen LogP contribution < -0.4 is 5.32 Å². The summed E-state index contributed by atoms with van der Waals surface area (Å²) in [6.07, 6.45) is 2.38. The number of aryl methyl sites for hydroxylation is 1. The largest absolute Gasteiger partial charge is 0.481 e. The molecule has 0 aliphatic heterocycles. The van der Waals surface area contributed by atoms with E-state index < -0.39 is 5.97 Å². The van der Waals surface area contributed by atoms with Crippen molar-refractivity contribution in [2.45, 2.75) is 53.1 Å². The fourth-order valence-electron chi connectivity index (χ4n) is 2.31. The molecule has 0 saturated carbocycles. The van der Waals surface area contributed by atoms with E-state index in [1.54, 1.807) is 6.07 Å². The number of aromatic nitrogens is 1. The fraction of sp³-hybridized carbons (Fsp3) is 0.600. The standard InChI is InChI=1S/C15H23BrN2O3/c1-5-18-9-10(16)6-12(18)14(21)17-11(7-13(19)20)8-15(2,3)4/h6,9,11H,5,7-8H2,1-4H3,(H,17,21)(H,19,20). The predicted octanol–water partition coefficient (Wildman–Crippen LogP) is 3.28. The van der Waals surface area contributed by atoms with Crippen molar-refractivity contribution in [3.8, 4) is 0 Å². The Morgan fingerprint density at radius 2 is 2.05 bits per heavy atom. The van der Waals surface area contributed by atoms with Crippen molar-refractivity contribution >= 4 is 27.8 Å². The van der Waals surface area contributed by atoms with Gasteiger partial charge in [0.15, 0.2) is 0 Å². The Balaban J connectivity index is 2.86. The molecule has 1 heterocycles. The summed E-state index contributed by atoms with van der Waals surface area (Å²) in [5.41, 5.74) is 0.481. The van der Waals surface area contributed by atoms with Gasteiger partial charge in [0.05, 0.1) is 6.42 Å². The fourth-order valence-corrected chi connectivity index (χ4v) is 2.77. The van der Waals surface area contributed by atoms with Crippen molar-refractivity contribution in [1.82, 2.24) is 9.88 Å². The second kappa shape index (κ2) is 7.11. The van der Waals surface area contributed by atoms with Crippen LogP contribution in [0.4, 0.5) is 0 Å². The summed E-state index contributed by atoms with van der Waals surface area (Å²) in [6, 6.07) is 1.36. The van der Waals surface area contributed by atoms with Gasteiger partial charge in [0.25, 0.3) is 5.91 Å². The van der Waals surface area contributed by atoms with Crippen molar-refractivity contribution in [2.24, 2.45) is 5.41 Å². The van der Waals surface area contributed by atoms with Crippen molar-refractivity contribution in [1.29, 1.82) is 0 Å². The number of nitrogens with zero attached hydrogens (tertiary/aromatic N) is 1. The highest BCUT2D eigenvalue weighted by molar-refractivity contribution is 9.10. The first-order valence-electron chi connectivity index (χ1n) is 7.00. The van der Waals surface area contributed by atoms with Gasteiger partial charge >= 0.3 is 5.97 Å². The van der Waals surface area contributed by atoms with Gasteiger partial charge in [0, 0.05) is 23.3 Å². The van der Waals surface area contributed by atoms with Gasteiger partial charge in [-0.05, 0) is 40.8 Å². The molecular formula is C15H23BrN2O3. The first kappa shape index (κ1) is 17.8. The Morgan fingerprint density at radius 1 is 1.43 bits per heavy atom. The SMILES string of the molecule is CCn1cc(Br)cc1C(=O)NC(CC(=O)O)CC(C)(C)C. The molecule has 0 spiro atoms. The van der Waals surface area contributed by atoms with Crippen LogP contribution in [0, 0.1) is 5.41 Å². The van der Waals surface area contributed by atoms with E-state index in [0.29, 0.717) is 18.7 Å². The lowest BCUT2D eigenvalue weighted by Crippen LogP contribution is -2.39. The van der Waals surface area contributed by atoms with Crippen molar-refractivity contribution < 1.29 is 14.7 Å². The van der Waals surface area contributed by atoms with E-state index in [0.717, 1.165) is 4.47 Å². The molecule has 0 saturated heterocycles. The van der Waals surface area contributed by atoms with Crippen LogP contribution in [0.5, 0.6) is 0 Å². The number of hydrogen-bond acceptors (Lipinski definition) is 2. The Labute approximate surface area is 133 Å². The number of nitrogens with one attached hydrogen (secondary N) is 1. The van der Waals surface area contributed by atoms with E-state index in [9.17, 15) is 9.59 Å². The number of carbonyl (C=O) groups excluding carboxylic acids is 1. The van der Waals surface area contributed by atoms with Crippen LogP contribution >= 0.6 is 15.9 Å². The van der Waals surface area contributed by atoms with Crippen LogP contribution in [0.25, 0.3) is 0 Å². The number of hydrogen-bond donors (Lipinski definition) is 2. The lowest BCUT2D eigenvalue weighted by molar-refractivity contribution is -0.137. The van der Waals surface area contributed by atoms with Gasteiger partial charge in [-0.3, -0.25) is 9.59 Å². The molecule has 0 fully saturated rings. The zero-order valence-electron chi connectivity index (χ0n) is 12.9. The number of aliphatic carboxylic acids is 1. The normalized spacial score (nSPS) is 13.0. The van der Waals surface area contributed by atoms with Crippen LogP contribution in [0.1, 0.15) is 51.0 Å². The van der Waals surface area contributed by atoms with Crippen LogP contribution in [0.15, 0.2) is 16.7 Å². The van der Waals surface area contributed by atoms with Gasteiger partial charge in [-0.1, -0.05) is 20.8 Å². The first-order chi connectivity index (χ1) is 9.62. The molecule has 118 valence electrons. The molecule has 1 aromatic rings. The molecule has 5 nitrogen and oxygen atoms in total. The number of rotatable bonds is 6. The highest BCUT2D eigenvalue weighted by atomic mass is 79.9. The predicted molar refractivity (Wildman–Crippen MR) is 85.4 cm³/mol. The molecule has 21 heavy (non-hydrogen) atoms. The summed E-state index contributed by atoms with van der Waals surface area (Å²) in [5, 5.41) is 11.9. The number of carboxylic acids is 1. The molecule has 0 aromatic carbocycles. The van der Waals surface area contributed by atoms with E-state index >= 15 is 0 Å². The molecule has 0 aliphatic rings. The third kappa shape index (κ3) is 5.91. The highest BCUT2D eigenvalue weighted by Gasteiger charge is 2.24. The monoisotopic (exact) mass is 358 g/mol. The summed E-state index contributed by atoms with van der Waals surface area (Å²) >= 11 is 3.35. The van der Waals surface area contributed by atoms with Crippen LogP contribution in [-0.2, 0) is 11.3 Å². The average Bonchev–Trinajstić information content (AvgIpc) is 2.67. The molecule has 0 radical (unpaired) electrons. The molecule has 2 N–H and O–H groups in total. The van der Waals surface area contributed by atoms with Gasteiger partial charge < -0.3 is 15.0 Å². The molecule has 1 amide bonds. The van der Waals surface area contributed by atoms with Gasteiger partial charge in [-0.2, -0.15) is 0 Å². The maximum atomic E-state index is 12.4. The molecule has 0 aliphatic carbocycles. The zero-order valence-corrected chi connectivity index (χ0v) is 14.5. The van der Waals surface area contributed by atoms with E-state index in [1.165, 1.54) is 0 Å². The highest BCUT2D eigenvalue weighted by Crippen LogP contribution is 2.23. The third-order valence-electron chi connectivity index (χ3n) is 3.05. The Kier molecular flexibility index (Phi) is 6.01. The molecule has 1 aromatic heterocycles. The zero-order chi connectivity index (χ0) is 16.2. The Morgan fingerprint density at radius 3 is 2.52 bits per heavy atom. The molecular weight excluding hydrogens is 336 g/mol. The van der Waals surface area contributed by atoms with Crippen molar-refractivity contribution in [2.75, 3.05) is 0 Å². The Hall–Kier alpha value is -1.30. The molecule has 1 unspecified atom stereocenters. The van der Waals surface area contributed by atoms with Crippen molar-refractivity contribution in [3.63, 3.8) is 0 Å². The van der Waals surface area contributed by atoms with E-state index in [4.69, 9.17) is 5.11 Å². The summed E-state index contributed by atoms with van der Waals surface area (Å²) in [5.74, 6) is -1.14. The van der Waals surface area contributed by atoms with E-state index in [2.05, 4.69) is 21.2 Å². The van der Waals surface area contributed by atoms with Crippen molar-refractivity contribution in [3.05, 3.63) is 22.4 Å². The van der Waals surface area contributed by atoms with Crippen LogP contribution in [-0.4, -0.2) is 27.6 Å². The van der Waals surface area contributed by atoms with Gasteiger partial charge in [-0.25, -0.2) is 0 Å². The topological polar surface area (TPSA) is 71.3 Å². The minimum absolute atomic E-state index is 0.0548. The molecule has 1 rings (SSSR count). The van der Waals surface area contributed by atoms with Gasteiger partial charge in [0.1, 0.15) is 5.69 Å². The summed E-state index contributed by atoms with van der Waals surface area (Å²) in [7, 11) is 0. The van der Waals surface area contributed by atoms with Gasteiger partial charge in [-0.15, -0.1) is 0 Å². The number of carboxylic acid groups (broad SMARTS) is 1. The summed E-state index contributed by atoms with van der Waals surface area (Å²) in [4.78, 5) is 23.3. The second-order valence-electron chi connectivity index (χ2n) is 6.36. The minimum Gasteiger partial charge on any atom is -0.481 e. The van der Waals surface area contributed by atoms with E-state index in [-0.39, 0.29) is 23.8 Å². The Bertz CT molecular complexity index is 517.